The second-order valence-corrected chi connectivity index (χ2v) is 6.73. The van der Waals surface area contributed by atoms with E-state index in [9.17, 15) is 18.4 Å². The fourth-order valence-electron chi connectivity index (χ4n) is 3.09. The van der Waals surface area contributed by atoms with Crippen LogP contribution in [0, 0.1) is 11.6 Å². The van der Waals surface area contributed by atoms with Crippen LogP contribution in [0.3, 0.4) is 0 Å². The minimum absolute atomic E-state index is 0.00325. The Kier molecular flexibility index (Phi) is 4.99. The quantitative estimate of drug-likeness (QED) is 0.669. The molecule has 0 saturated carbocycles. The highest BCUT2D eigenvalue weighted by Crippen LogP contribution is 2.33. The molecule has 30 heavy (non-hydrogen) atoms. The van der Waals surface area contributed by atoms with Crippen molar-refractivity contribution in [1.29, 1.82) is 0 Å². The Balaban J connectivity index is 1.55. The van der Waals surface area contributed by atoms with E-state index in [1.165, 1.54) is 24.2 Å². The Morgan fingerprint density at radius 1 is 1.30 bits per heavy atom. The number of benzene rings is 1. The third kappa shape index (κ3) is 3.76. The number of cyclic esters (lactones) is 1. The average Bonchev–Trinajstić information content (AvgIpc) is 3.39. The van der Waals surface area contributed by atoms with E-state index in [2.05, 4.69) is 21.4 Å². The Morgan fingerprint density at radius 2 is 2.00 bits per heavy atom. The zero-order valence-corrected chi connectivity index (χ0v) is 16.0. The molecule has 4 rings (SSSR count). The molecule has 0 unspecified atom stereocenters. The van der Waals surface area contributed by atoms with Gasteiger partial charge in [0.05, 0.1) is 24.3 Å². The highest BCUT2D eigenvalue weighted by atomic mass is 19.1. The Labute approximate surface area is 169 Å². The van der Waals surface area contributed by atoms with Gasteiger partial charge in [0, 0.05) is 14.0 Å². The molecule has 1 fully saturated rings. The van der Waals surface area contributed by atoms with E-state index in [4.69, 9.17) is 9.15 Å². The summed E-state index contributed by atoms with van der Waals surface area (Å²) in [5.74, 6) is -1.47. The number of amides is 2. The number of carbonyl (C=O) groups excluding carboxylic acids is 2. The fourth-order valence-corrected chi connectivity index (χ4v) is 3.09. The molecule has 0 spiro atoms. The van der Waals surface area contributed by atoms with Crippen molar-refractivity contribution in [2.45, 2.75) is 13.0 Å². The van der Waals surface area contributed by atoms with E-state index in [0.717, 1.165) is 17.0 Å². The first-order chi connectivity index (χ1) is 14.3. The fraction of sp³-hybridized carbons (Fsp3) is 0.278. The van der Waals surface area contributed by atoms with Crippen LogP contribution in [0.1, 0.15) is 12.7 Å². The molecule has 0 aliphatic carbocycles. The molecule has 0 radical (unpaired) electrons. The van der Waals surface area contributed by atoms with Crippen molar-refractivity contribution in [3.05, 3.63) is 41.7 Å². The molecule has 2 aliphatic heterocycles. The Hall–Kier alpha value is -3.67. The van der Waals surface area contributed by atoms with E-state index >= 15 is 0 Å². The van der Waals surface area contributed by atoms with Crippen LogP contribution < -0.4 is 21.2 Å². The summed E-state index contributed by atoms with van der Waals surface area (Å²) in [7, 11) is 1.68. The predicted molar refractivity (Wildman–Crippen MR) is 101 cm³/mol. The number of hydrazone groups is 1. The van der Waals surface area contributed by atoms with Gasteiger partial charge in [-0.3, -0.25) is 15.1 Å². The van der Waals surface area contributed by atoms with E-state index < -0.39 is 23.8 Å². The molecule has 2 amide bonds. The largest absolute Gasteiger partial charge is 0.452 e. The minimum atomic E-state index is -0.902. The average molecular weight is 420 g/mol. The van der Waals surface area contributed by atoms with Gasteiger partial charge in [0.15, 0.2) is 5.76 Å². The summed E-state index contributed by atoms with van der Waals surface area (Å²) in [6, 6.07) is 5.01. The number of ether oxygens (including phenoxy) is 1. The van der Waals surface area contributed by atoms with Gasteiger partial charge in [-0.1, -0.05) is 0 Å². The summed E-state index contributed by atoms with van der Waals surface area (Å²) >= 11 is 0. The van der Waals surface area contributed by atoms with Crippen molar-refractivity contribution >= 4 is 23.5 Å². The maximum Gasteiger partial charge on any atom is 0.414 e. The number of amidine groups is 1. The molecule has 0 bridgehead atoms. The number of carbonyl (C=O) groups is 2. The van der Waals surface area contributed by atoms with Crippen molar-refractivity contribution < 1.29 is 27.5 Å². The smallest absolute Gasteiger partial charge is 0.414 e. The second-order valence-electron chi connectivity index (χ2n) is 6.73. The number of hydrazine groups is 2. The van der Waals surface area contributed by atoms with Crippen LogP contribution in [0.15, 0.2) is 33.8 Å². The second kappa shape index (κ2) is 7.63. The molecular formula is C18H18F2N6O4. The number of nitrogens with zero attached hydrogens (tertiary/aromatic N) is 3. The highest BCUT2D eigenvalue weighted by Gasteiger charge is 2.33. The lowest BCUT2D eigenvalue weighted by molar-refractivity contribution is -0.119. The Morgan fingerprint density at radius 3 is 2.63 bits per heavy atom. The van der Waals surface area contributed by atoms with E-state index in [0.29, 0.717) is 5.84 Å². The lowest BCUT2D eigenvalue weighted by Crippen LogP contribution is -2.37. The van der Waals surface area contributed by atoms with Crippen LogP contribution >= 0.6 is 0 Å². The third-order valence-corrected chi connectivity index (χ3v) is 4.46. The summed E-state index contributed by atoms with van der Waals surface area (Å²) < 4.78 is 40.2. The molecule has 3 heterocycles. The standard InChI is InChI=1S/C18H18F2N6O4/c1-9(27)21-7-11-8-26(18(28)29-11)10-5-12(19)16(13(20)6-10)14-3-4-15(30-14)17-22-24-25(2)23-17/h3-6,11,24H,7-8H2,1-2H3,(H,21,27)(H,22,23)/t11-/m0/s1. The maximum absolute atomic E-state index is 14.8. The minimum Gasteiger partial charge on any atom is -0.452 e. The maximum atomic E-state index is 14.8. The van der Waals surface area contributed by atoms with Gasteiger partial charge >= 0.3 is 6.09 Å². The number of rotatable bonds is 5. The lowest BCUT2D eigenvalue weighted by atomic mass is 10.1. The molecular weight excluding hydrogens is 402 g/mol. The molecule has 1 aromatic heterocycles. The van der Waals surface area contributed by atoms with Gasteiger partial charge in [-0.15, -0.1) is 10.2 Å². The van der Waals surface area contributed by atoms with Gasteiger partial charge in [0.25, 0.3) is 0 Å². The number of hydrogen-bond donors (Lipinski definition) is 3. The first-order valence-electron chi connectivity index (χ1n) is 8.97. The Bertz CT molecular complexity index is 1020. The van der Waals surface area contributed by atoms with Crippen LogP contribution in [0.2, 0.25) is 0 Å². The normalized spacial score (nSPS) is 18.7. The third-order valence-electron chi connectivity index (χ3n) is 4.46. The van der Waals surface area contributed by atoms with Crippen molar-refractivity contribution in [2.24, 2.45) is 5.10 Å². The van der Waals surface area contributed by atoms with Gasteiger partial charge in [0.2, 0.25) is 11.7 Å². The zero-order chi connectivity index (χ0) is 21.4. The van der Waals surface area contributed by atoms with Gasteiger partial charge < -0.3 is 14.5 Å². The summed E-state index contributed by atoms with van der Waals surface area (Å²) in [5.41, 5.74) is 5.11. The zero-order valence-electron chi connectivity index (χ0n) is 16.0. The SMILES string of the molecule is CC(=O)NC[C@H]1CN(c2cc(F)c(-c3ccc(C4=NNN(C)N4)o3)c(F)c2)C(=O)O1. The molecule has 2 aromatic rings. The molecule has 1 aromatic carbocycles. The molecule has 3 N–H and O–H groups in total. The summed E-state index contributed by atoms with van der Waals surface area (Å²) in [6.07, 6.45) is -1.37. The summed E-state index contributed by atoms with van der Waals surface area (Å²) in [5, 5.41) is 7.97. The van der Waals surface area contributed by atoms with Crippen LogP contribution in [-0.2, 0) is 9.53 Å². The topological polar surface area (TPSA) is 111 Å². The van der Waals surface area contributed by atoms with Crippen molar-refractivity contribution in [3.8, 4) is 11.3 Å². The molecule has 2 aliphatic rings. The molecule has 158 valence electrons. The summed E-state index contributed by atoms with van der Waals surface area (Å²) in [6.45, 7) is 1.49. The summed E-state index contributed by atoms with van der Waals surface area (Å²) in [4.78, 5) is 24.2. The van der Waals surface area contributed by atoms with E-state index in [-0.39, 0.29) is 41.8 Å². The number of nitrogens with one attached hydrogen (secondary N) is 3. The van der Waals surface area contributed by atoms with Crippen molar-refractivity contribution in [1.82, 2.24) is 21.4 Å². The number of anilines is 1. The lowest BCUT2D eigenvalue weighted by Gasteiger charge is -2.14. The molecule has 1 saturated heterocycles. The first kappa shape index (κ1) is 19.6. The number of halogens is 2. The van der Waals surface area contributed by atoms with Gasteiger partial charge in [0.1, 0.15) is 23.5 Å². The van der Waals surface area contributed by atoms with Crippen LogP contribution in [0.4, 0.5) is 19.3 Å². The van der Waals surface area contributed by atoms with E-state index in [1.807, 2.05) is 0 Å². The molecule has 12 heteroatoms. The van der Waals surface area contributed by atoms with Crippen molar-refractivity contribution in [3.63, 3.8) is 0 Å². The van der Waals surface area contributed by atoms with Crippen LogP contribution in [0.25, 0.3) is 11.3 Å². The highest BCUT2D eigenvalue weighted by molar-refractivity contribution is 5.97. The first-order valence-corrected chi connectivity index (χ1v) is 8.97. The predicted octanol–water partition coefficient (Wildman–Crippen LogP) is 1.30. The van der Waals surface area contributed by atoms with E-state index in [1.54, 1.807) is 7.05 Å². The van der Waals surface area contributed by atoms with Crippen molar-refractivity contribution in [2.75, 3.05) is 25.0 Å². The number of furan rings is 1. The van der Waals surface area contributed by atoms with Gasteiger partial charge in [-0.25, -0.2) is 19.1 Å². The van der Waals surface area contributed by atoms with Crippen LogP contribution in [0.5, 0.6) is 0 Å². The monoisotopic (exact) mass is 420 g/mol. The van der Waals surface area contributed by atoms with Gasteiger partial charge in [-0.05, 0) is 24.3 Å². The molecule has 10 nitrogen and oxygen atoms in total. The van der Waals surface area contributed by atoms with Crippen LogP contribution in [-0.4, -0.2) is 49.2 Å². The van der Waals surface area contributed by atoms with Gasteiger partial charge in [-0.2, -0.15) is 0 Å². The number of hydrogen-bond acceptors (Lipinski definition) is 8. The molecule has 1 atom stereocenters.